The Morgan fingerprint density at radius 3 is 2.33 bits per heavy atom. The third-order valence-corrected chi connectivity index (χ3v) is 4.30. The molecule has 5 nitrogen and oxygen atoms in total. The van der Waals surface area contributed by atoms with E-state index in [1.165, 1.54) is 6.92 Å². The van der Waals surface area contributed by atoms with Gasteiger partial charge in [0.25, 0.3) is 0 Å². The first-order chi connectivity index (χ1) is 6.88. The van der Waals surface area contributed by atoms with Crippen molar-refractivity contribution in [3.05, 3.63) is 0 Å². The van der Waals surface area contributed by atoms with Crippen LogP contribution >= 0.6 is 0 Å². The van der Waals surface area contributed by atoms with Crippen molar-refractivity contribution in [1.29, 1.82) is 0 Å². The summed E-state index contributed by atoms with van der Waals surface area (Å²) >= 11 is 0. The van der Waals surface area contributed by atoms with Crippen molar-refractivity contribution < 1.29 is 13.2 Å². The van der Waals surface area contributed by atoms with Gasteiger partial charge in [-0.15, -0.1) is 0 Å². The zero-order valence-electron chi connectivity index (χ0n) is 9.36. The molecule has 0 aromatic rings. The number of carbonyl (C=O) groups is 1. The van der Waals surface area contributed by atoms with Crippen LogP contribution in [0.3, 0.4) is 0 Å². The molecule has 0 aliphatic carbocycles. The van der Waals surface area contributed by atoms with E-state index in [0.29, 0.717) is 6.54 Å². The van der Waals surface area contributed by atoms with Gasteiger partial charge in [0.05, 0.1) is 6.04 Å². The maximum Gasteiger partial charge on any atom is 0.240 e. The van der Waals surface area contributed by atoms with E-state index in [2.05, 4.69) is 5.32 Å². The predicted molar refractivity (Wildman–Crippen MR) is 58.4 cm³/mol. The molecular formula is C9H18N2O3S. The number of sulfone groups is 1. The second-order valence-electron chi connectivity index (χ2n) is 3.91. The lowest BCUT2D eigenvalue weighted by molar-refractivity contribution is -0.133. The summed E-state index contributed by atoms with van der Waals surface area (Å²) in [6, 6.07) is 0.159. The molecule has 0 bridgehead atoms. The third-order valence-electron chi connectivity index (χ3n) is 2.81. The number of hydrogen-bond acceptors (Lipinski definition) is 4. The average molecular weight is 234 g/mol. The minimum atomic E-state index is -3.29. The molecule has 1 N–H and O–H groups in total. The van der Waals surface area contributed by atoms with E-state index >= 15 is 0 Å². The molecule has 0 spiro atoms. The molecule has 0 saturated carbocycles. The lowest BCUT2D eigenvalue weighted by Gasteiger charge is -2.38. The van der Waals surface area contributed by atoms with Gasteiger partial charge in [-0.1, -0.05) is 0 Å². The second-order valence-corrected chi connectivity index (χ2v) is 6.27. The molecular weight excluding hydrogens is 216 g/mol. The van der Waals surface area contributed by atoms with Crippen molar-refractivity contribution in [2.75, 3.05) is 25.9 Å². The molecule has 1 atom stereocenters. The van der Waals surface area contributed by atoms with Crippen molar-refractivity contribution in [1.82, 2.24) is 10.2 Å². The molecule has 1 rings (SSSR count). The molecule has 0 aromatic carbocycles. The molecule has 1 saturated heterocycles. The Hall–Kier alpha value is -0.620. The Morgan fingerprint density at radius 2 is 2.07 bits per heavy atom. The zero-order chi connectivity index (χ0) is 11.6. The first-order valence-corrected chi connectivity index (χ1v) is 7.03. The van der Waals surface area contributed by atoms with Crippen LogP contribution in [0.1, 0.15) is 13.8 Å². The summed E-state index contributed by atoms with van der Waals surface area (Å²) in [5.74, 6) is -0.286. The number of hydrogen-bond donors (Lipinski definition) is 1. The van der Waals surface area contributed by atoms with Gasteiger partial charge < -0.3 is 10.2 Å². The Kier molecular flexibility index (Phi) is 3.72. The van der Waals surface area contributed by atoms with Crippen LogP contribution in [0.25, 0.3) is 0 Å². The summed E-state index contributed by atoms with van der Waals surface area (Å²) in [7, 11) is -3.29. The molecule has 88 valence electrons. The van der Waals surface area contributed by atoms with Crippen LogP contribution in [0.5, 0.6) is 0 Å². The molecule has 1 aliphatic heterocycles. The SMILES string of the molecule is CCN(C(=O)C(C)S(C)(=O)=O)C1CNC1. The minimum absolute atomic E-state index is 0.159. The van der Waals surface area contributed by atoms with Gasteiger partial charge in [-0.05, 0) is 13.8 Å². The van der Waals surface area contributed by atoms with Crippen molar-refractivity contribution >= 4 is 15.7 Å². The van der Waals surface area contributed by atoms with Crippen molar-refractivity contribution in [2.45, 2.75) is 25.1 Å². The first-order valence-electron chi connectivity index (χ1n) is 5.08. The van der Waals surface area contributed by atoms with Gasteiger partial charge in [0, 0.05) is 25.9 Å². The maximum absolute atomic E-state index is 11.9. The predicted octanol–water partition coefficient (Wildman–Crippen LogP) is -0.760. The van der Waals surface area contributed by atoms with Crippen LogP contribution < -0.4 is 5.32 Å². The van der Waals surface area contributed by atoms with Crippen molar-refractivity contribution in [2.24, 2.45) is 0 Å². The van der Waals surface area contributed by atoms with Crippen LogP contribution in [-0.4, -0.2) is 56.4 Å². The molecule has 0 radical (unpaired) electrons. The smallest absolute Gasteiger partial charge is 0.240 e. The highest BCUT2D eigenvalue weighted by Crippen LogP contribution is 2.10. The van der Waals surface area contributed by atoms with E-state index in [-0.39, 0.29) is 11.9 Å². The molecule has 6 heteroatoms. The van der Waals surface area contributed by atoms with E-state index in [9.17, 15) is 13.2 Å². The quantitative estimate of drug-likeness (QED) is 0.694. The summed E-state index contributed by atoms with van der Waals surface area (Å²) in [5.41, 5.74) is 0. The van der Waals surface area contributed by atoms with Gasteiger partial charge in [-0.25, -0.2) is 8.42 Å². The van der Waals surface area contributed by atoms with Crippen molar-refractivity contribution in [3.8, 4) is 0 Å². The summed E-state index contributed by atoms with van der Waals surface area (Å²) in [4.78, 5) is 13.5. The molecule has 1 fully saturated rings. The number of nitrogens with zero attached hydrogens (tertiary/aromatic N) is 1. The fourth-order valence-corrected chi connectivity index (χ4v) is 2.01. The normalized spacial score (nSPS) is 19.4. The maximum atomic E-state index is 11.9. The van der Waals surface area contributed by atoms with Gasteiger partial charge in [-0.3, -0.25) is 4.79 Å². The molecule has 0 aromatic heterocycles. The van der Waals surface area contributed by atoms with E-state index < -0.39 is 15.1 Å². The number of carbonyl (C=O) groups excluding carboxylic acids is 1. The molecule has 15 heavy (non-hydrogen) atoms. The zero-order valence-corrected chi connectivity index (χ0v) is 10.2. The molecule has 1 amide bonds. The summed E-state index contributed by atoms with van der Waals surface area (Å²) in [6.07, 6.45) is 1.10. The van der Waals surface area contributed by atoms with E-state index in [0.717, 1.165) is 19.3 Å². The minimum Gasteiger partial charge on any atom is -0.336 e. The van der Waals surface area contributed by atoms with Crippen LogP contribution in [-0.2, 0) is 14.6 Å². The standard InChI is InChI=1S/C9H18N2O3S/c1-4-11(8-5-10-6-8)9(12)7(2)15(3,13)14/h7-8,10H,4-6H2,1-3H3. The fraction of sp³-hybridized carbons (Fsp3) is 0.889. The molecule has 1 aliphatic rings. The number of likely N-dealkylation sites (N-methyl/N-ethyl adjacent to an activating group) is 1. The number of nitrogens with one attached hydrogen (secondary N) is 1. The van der Waals surface area contributed by atoms with Gasteiger partial charge >= 0.3 is 0 Å². The van der Waals surface area contributed by atoms with E-state index in [1.807, 2.05) is 6.92 Å². The highest BCUT2D eigenvalue weighted by Gasteiger charge is 2.33. The average Bonchev–Trinajstić information content (AvgIpc) is 2.06. The van der Waals surface area contributed by atoms with Gasteiger partial charge in [0.15, 0.2) is 9.84 Å². The highest BCUT2D eigenvalue weighted by atomic mass is 32.2. The van der Waals surface area contributed by atoms with Crippen molar-refractivity contribution in [3.63, 3.8) is 0 Å². The van der Waals surface area contributed by atoms with E-state index in [4.69, 9.17) is 0 Å². The van der Waals surface area contributed by atoms with Crippen LogP contribution in [0.4, 0.5) is 0 Å². The Morgan fingerprint density at radius 1 is 1.53 bits per heavy atom. The highest BCUT2D eigenvalue weighted by molar-refractivity contribution is 7.92. The third kappa shape index (κ3) is 2.69. The molecule has 1 heterocycles. The Balaban J connectivity index is 2.72. The van der Waals surface area contributed by atoms with Crippen LogP contribution in [0, 0.1) is 0 Å². The number of amides is 1. The monoisotopic (exact) mass is 234 g/mol. The van der Waals surface area contributed by atoms with Crippen LogP contribution in [0.15, 0.2) is 0 Å². The van der Waals surface area contributed by atoms with Gasteiger partial charge in [-0.2, -0.15) is 0 Å². The topological polar surface area (TPSA) is 66.5 Å². The summed E-state index contributed by atoms with van der Waals surface area (Å²) in [6.45, 7) is 5.40. The van der Waals surface area contributed by atoms with Gasteiger partial charge in [0.1, 0.15) is 5.25 Å². The Labute approximate surface area is 90.7 Å². The molecule has 1 unspecified atom stereocenters. The fourth-order valence-electron chi connectivity index (χ4n) is 1.50. The largest absolute Gasteiger partial charge is 0.336 e. The second kappa shape index (κ2) is 4.49. The van der Waals surface area contributed by atoms with Gasteiger partial charge in [0.2, 0.25) is 5.91 Å². The lowest BCUT2D eigenvalue weighted by atomic mass is 10.1. The number of rotatable bonds is 4. The van der Waals surface area contributed by atoms with E-state index in [1.54, 1.807) is 4.90 Å². The van der Waals surface area contributed by atoms with Crippen LogP contribution in [0.2, 0.25) is 0 Å². The Bertz CT molecular complexity index is 335. The summed E-state index contributed by atoms with van der Waals surface area (Å²) in [5, 5.41) is 2.13. The first kappa shape index (κ1) is 12.4. The lowest BCUT2D eigenvalue weighted by Crippen LogP contribution is -2.60. The summed E-state index contributed by atoms with van der Waals surface area (Å²) < 4.78 is 22.5.